The molecule has 0 unspecified atom stereocenters. The van der Waals surface area contributed by atoms with Gasteiger partial charge in [0, 0.05) is 18.4 Å². The highest BCUT2D eigenvalue weighted by atomic mass is 19.4. The van der Waals surface area contributed by atoms with Gasteiger partial charge in [-0.2, -0.15) is 18.3 Å². The Morgan fingerprint density at radius 3 is 2.73 bits per heavy atom. The number of halogens is 3. The summed E-state index contributed by atoms with van der Waals surface area (Å²) in [5.74, 6) is -0.716. The van der Waals surface area contributed by atoms with Crippen LogP contribution in [0.4, 0.5) is 23.7 Å². The lowest BCUT2D eigenvalue weighted by Crippen LogP contribution is -2.27. The highest BCUT2D eigenvalue weighted by Gasteiger charge is 2.26. The Kier molecular flexibility index (Phi) is 4.20. The summed E-state index contributed by atoms with van der Waals surface area (Å²) in [4.78, 5) is 22.4. The van der Waals surface area contributed by atoms with Gasteiger partial charge in [0.05, 0.1) is 23.7 Å². The molecule has 2 heterocycles. The van der Waals surface area contributed by atoms with Gasteiger partial charge in [0.1, 0.15) is 0 Å². The molecule has 0 bridgehead atoms. The third-order valence-corrected chi connectivity index (χ3v) is 2.71. The van der Waals surface area contributed by atoms with Crippen LogP contribution in [0, 0.1) is 0 Å². The van der Waals surface area contributed by atoms with Crippen LogP contribution in [0.15, 0.2) is 24.5 Å². The molecular formula is C12H11F3N4O3. The maximum absolute atomic E-state index is 12.0. The summed E-state index contributed by atoms with van der Waals surface area (Å²) in [6.07, 6.45) is -4.15. The molecule has 0 aromatic carbocycles. The number of nitrogens with zero attached hydrogens (tertiary/aromatic N) is 2. The molecule has 22 heavy (non-hydrogen) atoms. The Balaban J connectivity index is 2.16. The molecule has 0 aliphatic carbocycles. The van der Waals surface area contributed by atoms with Gasteiger partial charge in [-0.3, -0.25) is 10.1 Å². The predicted octanol–water partition coefficient (Wildman–Crippen LogP) is 2.11. The fourth-order valence-electron chi connectivity index (χ4n) is 1.77. The molecule has 0 atom stereocenters. The molecule has 2 rings (SSSR count). The molecule has 2 aromatic rings. The van der Waals surface area contributed by atoms with Crippen LogP contribution in [0.2, 0.25) is 0 Å². The second-order valence-electron chi connectivity index (χ2n) is 4.35. The average molecular weight is 316 g/mol. The number of alkyl halides is 3. The number of amides is 2. The number of carboxylic acid groups (broad SMARTS) is 1. The van der Waals surface area contributed by atoms with Gasteiger partial charge < -0.3 is 10.4 Å². The Bertz CT molecular complexity index is 711. The van der Waals surface area contributed by atoms with Crippen molar-refractivity contribution in [2.45, 2.75) is 12.6 Å². The van der Waals surface area contributed by atoms with Gasteiger partial charge in [-0.25, -0.2) is 9.31 Å². The zero-order valence-electron chi connectivity index (χ0n) is 11.0. The van der Waals surface area contributed by atoms with Gasteiger partial charge in [-0.1, -0.05) is 0 Å². The zero-order chi connectivity index (χ0) is 16.3. The van der Waals surface area contributed by atoms with Gasteiger partial charge in [0.2, 0.25) is 0 Å². The van der Waals surface area contributed by atoms with Gasteiger partial charge in [-0.15, -0.1) is 0 Å². The van der Waals surface area contributed by atoms with Crippen molar-refractivity contribution in [2.75, 3.05) is 11.9 Å². The first-order valence-electron chi connectivity index (χ1n) is 6.08. The van der Waals surface area contributed by atoms with E-state index in [0.717, 1.165) is 0 Å². The molecule has 7 nitrogen and oxygen atoms in total. The van der Waals surface area contributed by atoms with Crippen LogP contribution in [-0.4, -0.2) is 39.4 Å². The van der Waals surface area contributed by atoms with Crippen molar-refractivity contribution >= 4 is 23.2 Å². The number of carbonyl (C=O) groups excluding carboxylic acids is 1. The van der Waals surface area contributed by atoms with Crippen molar-refractivity contribution < 1.29 is 27.9 Å². The molecular weight excluding hydrogens is 305 g/mol. The van der Waals surface area contributed by atoms with Gasteiger partial charge in [-0.05, 0) is 12.1 Å². The second kappa shape index (κ2) is 5.92. The molecule has 0 aliphatic rings. The lowest BCUT2D eigenvalue weighted by molar-refractivity contribution is -0.132. The maximum atomic E-state index is 12.0. The lowest BCUT2D eigenvalue weighted by Gasteiger charge is -2.07. The third kappa shape index (κ3) is 3.87. The minimum Gasteiger partial charge on any atom is -0.465 e. The number of anilines is 1. The number of pyridine rings is 1. The molecule has 2 aromatic heterocycles. The van der Waals surface area contributed by atoms with Crippen molar-refractivity contribution in [1.29, 1.82) is 0 Å². The molecule has 0 saturated carbocycles. The maximum Gasteiger partial charge on any atom is 0.409 e. The fourth-order valence-corrected chi connectivity index (χ4v) is 1.77. The summed E-state index contributed by atoms with van der Waals surface area (Å²) in [5, 5.41) is 16.8. The molecule has 0 fully saturated rings. The van der Waals surface area contributed by atoms with Crippen molar-refractivity contribution in [3.63, 3.8) is 0 Å². The smallest absolute Gasteiger partial charge is 0.409 e. The number of carbonyl (C=O) groups is 2. The van der Waals surface area contributed by atoms with E-state index in [0.29, 0.717) is 0 Å². The molecule has 2 amide bonds. The first-order chi connectivity index (χ1) is 10.3. The van der Waals surface area contributed by atoms with Gasteiger partial charge in [0.15, 0.2) is 0 Å². The molecule has 0 saturated heterocycles. The molecule has 3 N–H and O–H groups in total. The van der Waals surface area contributed by atoms with Gasteiger partial charge in [0.25, 0.3) is 5.91 Å². The summed E-state index contributed by atoms with van der Waals surface area (Å²) < 4.78 is 37.4. The highest BCUT2D eigenvalue weighted by Crippen LogP contribution is 2.19. The predicted molar refractivity (Wildman–Crippen MR) is 69.8 cm³/mol. The number of aromatic nitrogens is 2. The Hall–Kier alpha value is -2.78. The number of hydrogen-bond acceptors (Lipinski definition) is 3. The van der Waals surface area contributed by atoms with Crippen molar-refractivity contribution in [3.8, 4) is 0 Å². The number of rotatable bonds is 4. The second-order valence-corrected chi connectivity index (χ2v) is 4.35. The summed E-state index contributed by atoms with van der Waals surface area (Å²) in [5.41, 5.74) is 0.539. The summed E-state index contributed by atoms with van der Waals surface area (Å²) in [6.45, 7) is -0.549. The van der Waals surface area contributed by atoms with E-state index >= 15 is 0 Å². The van der Waals surface area contributed by atoms with Crippen molar-refractivity contribution in [1.82, 2.24) is 14.9 Å². The van der Waals surface area contributed by atoms with Crippen LogP contribution in [0.25, 0.3) is 5.52 Å². The van der Waals surface area contributed by atoms with E-state index in [1.165, 1.54) is 29.0 Å². The van der Waals surface area contributed by atoms with E-state index in [9.17, 15) is 22.8 Å². The molecule has 0 spiro atoms. The Morgan fingerprint density at radius 2 is 2.09 bits per heavy atom. The van der Waals surface area contributed by atoms with Crippen LogP contribution < -0.4 is 10.6 Å². The monoisotopic (exact) mass is 316 g/mol. The van der Waals surface area contributed by atoms with Crippen LogP contribution in [0.5, 0.6) is 0 Å². The van der Waals surface area contributed by atoms with E-state index in [2.05, 4.69) is 15.7 Å². The first-order valence-corrected chi connectivity index (χ1v) is 6.08. The summed E-state index contributed by atoms with van der Waals surface area (Å²) >= 11 is 0. The van der Waals surface area contributed by atoms with Crippen LogP contribution in [0.1, 0.15) is 16.8 Å². The normalized spacial score (nSPS) is 11.4. The zero-order valence-corrected chi connectivity index (χ0v) is 11.0. The Morgan fingerprint density at radius 1 is 1.36 bits per heavy atom. The lowest BCUT2D eigenvalue weighted by atomic mass is 10.2. The van der Waals surface area contributed by atoms with E-state index in [4.69, 9.17) is 5.11 Å². The Labute approximate surface area is 121 Å². The minimum absolute atomic E-state index is 0.0520. The number of fused-ring (bicyclic) bond motifs is 1. The van der Waals surface area contributed by atoms with E-state index in [1.54, 1.807) is 0 Å². The highest BCUT2D eigenvalue weighted by molar-refractivity contribution is 6.01. The van der Waals surface area contributed by atoms with Crippen LogP contribution in [-0.2, 0) is 0 Å². The number of nitrogens with one attached hydrogen (secondary N) is 2. The topological polar surface area (TPSA) is 95.7 Å². The molecule has 0 aliphatic heterocycles. The van der Waals surface area contributed by atoms with E-state index in [1.807, 2.05) is 0 Å². The third-order valence-electron chi connectivity index (χ3n) is 2.71. The standard InChI is InChI=1S/C12H11F3N4O3/c13-12(14,15)2-3-16-10(20)8-6-17-19-4-1-7(5-9(8)19)18-11(21)22/h1,4-6,18H,2-3H2,(H,16,20)(H,21,22). The summed E-state index contributed by atoms with van der Waals surface area (Å²) in [7, 11) is 0. The molecule has 10 heteroatoms. The fraction of sp³-hybridized carbons (Fsp3) is 0.250. The first kappa shape index (κ1) is 15.6. The average Bonchev–Trinajstić information content (AvgIpc) is 2.79. The van der Waals surface area contributed by atoms with E-state index < -0.39 is 31.1 Å². The van der Waals surface area contributed by atoms with Crippen molar-refractivity contribution in [2.24, 2.45) is 0 Å². The van der Waals surface area contributed by atoms with Crippen molar-refractivity contribution in [3.05, 3.63) is 30.1 Å². The number of hydrogen-bond donors (Lipinski definition) is 3. The largest absolute Gasteiger partial charge is 0.465 e. The molecule has 0 radical (unpaired) electrons. The van der Waals surface area contributed by atoms with Gasteiger partial charge >= 0.3 is 12.3 Å². The van der Waals surface area contributed by atoms with E-state index in [-0.39, 0.29) is 16.8 Å². The minimum atomic E-state index is -4.35. The summed E-state index contributed by atoms with van der Waals surface area (Å²) in [6, 6.07) is 2.79. The molecule has 118 valence electrons. The van der Waals surface area contributed by atoms with Crippen LogP contribution in [0.3, 0.4) is 0 Å². The van der Waals surface area contributed by atoms with Crippen LogP contribution >= 0.6 is 0 Å². The quantitative estimate of drug-likeness (QED) is 0.805. The SMILES string of the molecule is O=C(O)Nc1ccn2ncc(C(=O)NCCC(F)(F)F)c2c1.